The minimum Gasteiger partial charge on any atom is -0.316 e. The molecule has 0 radical (unpaired) electrons. The Hall–Kier alpha value is -2.16. The lowest BCUT2D eigenvalue weighted by atomic mass is 10.3. The standard InChI is InChI=1S/C15H17N3O3S2/c1-2-9-18(11-13-4-3-10-22-13)15(19)17-12-5-7-14(8-6-12)23(16,20)21/h2-8,10H,1,9,11H2,(H,17,19)(H2,16,20,21). The van der Waals surface area contributed by atoms with Crippen LogP contribution in [-0.2, 0) is 16.6 Å². The molecule has 1 aromatic heterocycles. The van der Waals surface area contributed by atoms with Crippen LogP contribution < -0.4 is 10.5 Å². The van der Waals surface area contributed by atoms with Gasteiger partial charge in [0.05, 0.1) is 11.4 Å². The second-order valence-corrected chi connectivity index (χ2v) is 7.34. The summed E-state index contributed by atoms with van der Waals surface area (Å²) in [6.07, 6.45) is 1.65. The maximum atomic E-state index is 12.3. The van der Waals surface area contributed by atoms with Crippen LogP contribution in [0, 0.1) is 0 Å². The van der Waals surface area contributed by atoms with E-state index < -0.39 is 10.0 Å². The van der Waals surface area contributed by atoms with Crippen LogP contribution in [0.3, 0.4) is 0 Å². The highest BCUT2D eigenvalue weighted by Gasteiger charge is 2.14. The van der Waals surface area contributed by atoms with Gasteiger partial charge in [-0.15, -0.1) is 17.9 Å². The van der Waals surface area contributed by atoms with Gasteiger partial charge in [-0.1, -0.05) is 12.1 Å². The number of carbonyl (C=O) groups excluding carboxylic acids is 1. The molecular weight excluding hydrogens is 334 g/mol. The molecule has 1 heterocycles. The molecular formula is C15H17N3O3S2. The number of hydrogen-bond donors (Lipinski definition) is 2. The first-order valence-electron chi connectivity index (χ1n) is 6.72. The molecule has 0 fully saturated rings. The third kappa shape index (κ3) is 4.92. The van der Waals surface area contributed by atoms with Crippen molar-refractivity contribution in [3.8, 4) is 0 Å². The zero-order valence-electron chi connectivity index (χ0n) is 12.3. The third-order valence-electron chi connectivity index (χ3n) is 3.00. The molecule has 0 unspecified atom stereocenters. The van der Waals surface area contributed by atoms with Crippen molar-refractivity contribution >= 4 is 33.1 Å². The van der Waals surface area contributed by atoms with Gasteiger partial charge in [-0.2, -0.15) is 0 Å². The first-order chi connectivity index (χ1) is 10.9. The summed E-state index contributed by atoms with van der Waals surface area (Å²) >= 11 is 1.57. The van der Waals surface area contributed by atoms with Gasteiger partial charge in [-0.25, -0.2) is 18.4 Å². The van der Waals surface area contributed by atoms with Gasteiger partial charge in [0, 0.05) is 17.1 Å². The van der Waals surface area contributed by atoms with E-state index in [1.165, 1.54) is 24.3 Å². The molecule has 2 aromatic rings. The van der Waals surface area contributed by atoms with E-state index in [0.29, 0.717) is 18.8 Å². The molecule has 2 amide bonds. The van der Waals surface area contributed by atoms with Gasteiger partial charge in [0.2, 0.25) is 10.0 Å². The average Bonchev–Trinajstić information content (AvgIpc) is 2.99. The maximum absolute atomic E-state index is 12.3. The van der Waals surface area contributed by atoms with E-state index in [9.17, 15) is 13.2 Å². The number of amides is 2. The van der Waals surface area contributed by atoms with Crippen LogP contribution >= 0.6 is 11.3 Å². The molecule has 122 valence electrons. The van der Waals surface area contributed by atoms with Crippen LogP contribution in [0.5, 0.6) is 0 Å². The van der Waals surface area contributed by atoms with Crippen molar-refractivity contribution in [3.63, 3.8) is 0 Å². The van der Waals surface area contributed by atoms with Crippen LogP contribution in [0.15, 0.2) is 59.3 Å². The van der Waals surface area contributed by atoms with E-state index in [-0.39, 0.29) is 10.9 Å². The van der Waals surface area contributed by atoms with E-state index in [1.54, 1.807) is 22.3 Å². The Bertz CT molecular complexity index is 769. The van der Waals surface area contributed by atoms with Crippen LogP contribution in [0.2, 0.25) is 0 Å². The molecule has 0 saturated heterocycles. The van der Waals surface area contributed by atoms with Crippen LogP contribution in [0.1, 0.15) is 4.88 Å². The first kappa shape index (κ1) is 17.2. The van der Waals surface area contributed by atoms with E-state index in [0.717, 1.165) is 4.88 Å². The molecule has 2 rings (SSSR count). The number of hydrogen-bond acceptors (Lipinski definition) is 4. The number of nitrogens with zero attached hydrogens (tertiary/aromatic N) is 1. The molecule has 23 heavy (non-hydrogen) atoms. The fourth-order valence-corrected chi connectivity index (χ4v) is 3.13. The SMILES string of the molecule is C=CCN(Cc1cccs1)C(=O)Nc1ccc(S(N)(=O)=O)cc1. The number of rotatable bonds is 6. The van der Waals surface area contributed by atoms with Gasteiger partial charge >= 0.3 is 6.03 Å². The minimum absolute atomic E-state index is 0.00275. The van der Waals surface area contributed by atoms with Crippen molar-refractivity contribution in [2.75, 3.05) is 11.9 Å². The van der Waals surface area contributed by atoms with Crippen LogP contribution in [-0.4, -0.2) is 25.9 Å². The van der Waals surface area contributed by atoms with E-state index in [1.807, 2.05) is 17.5 Å². The second-order valence-electron chi connectivity index (χ2n) is 4.75. The molecule has 0 aliphatic carbocycles. The number of primary sulfonamides is 1. The Morgan fingerprint density at radius 2 is 2.00 bits per heavy atom. The molecule has 6 nitrogen and oxygen atoms in total. The predicted molar refractivity (Wildman–Crippen MR) is 91.8 cm³/mol. The van der Waals surface area contributed by atoms with E-state index in [4.69, 9.17) is 5.14 Å². The number of sulfonamides is 1. The highest BCUT2D eigenvalue weighted by atomic mass is 32.2. The average molecular weight is 351 g/mol. The molecule has 0 aliphatic heterocycles. The number of nitrogens with two attached hydrogens (primary N) is 1. The summed E-state index contributed by atoms with van der Waals surface area (Å²) in [6.45, 7) is 4.54. The van der Waals surface area contributed by atoms with Crippen LogP contribution in [0.25, 0.3) is 0 Å². The van der Waals surface area contributed by atoms with Gasteiger partial charge in [0.25, 0.3) is 0 Å². The summed E-state index contributed by atoms with van der Waals surface area (Å²) < 4.78 is 22.4. The maximum Gasteiger partial charge on any atom is 0.322 e. The lowest BCUT2D eigenvalue weighted by Crippen LogP contribution is -2.34. The third-order valence-corrected chi connectivity index (χ3v) is 4.79. The normalized spacial score (nSPS) is 11.0. The molecule has 0 spiro atoms. The van der Waals surface area contributed by atoms with Crippen molar-refractivity contribution in [2.24, 2.45) is 5.14 Å². The largest absolute Gasteiger partial charge is 0.322 e. The molecule has 8 heteroatoms. The summed E-state index contributed by atoms with van der Waals surface area (Å²) in [7, 11) is -3.74. The lowest BCUT2D eigenvalue weighted by Gasteiger charge is -2.21. The minimum atomic E-state index is -3.74. The Balaban J connectivity index is 2.07. The van der Waals surface area contributed by atoms with Gasteiger partial charge in [-0.3, -0.25) is 0 Å². The number of thiophene rings is 1. The summed E-state index contributed by atoms with van der Waals surface area (Å²) in [5, 5.41) is 9.71. The summed E-state index contributed by atoms with van der Waals surface area (Å²) in [4.78, 5) is 15.0. The molecule has 0 atom stereocenters. The van der Waals surface area contributed by atoms with Crippen molar-refractivity contribution in [1.82, 2.24) is 4.90 Å². The predicted octanol–water partition coefficient (Wildman–Crippen LogP) is 2.62. The zero-order chi connectivity index (χ0) is 16.9. The zero-order valence-corrected chi connectivity index (χ0v) is 13.9. The topological polar surface area (TPSA) is 92.5 Å². The first-order valence-corrected chi connectivity index (χ1v) is 9.15. The molecule has 3 N–H and O–H groups in total. The lowest BCUT2D eigenvalue weighted by molar-refractivity contribution is 0.215. The molecule has 0 saturated carbocycles. The van der Waals surface area contributed by atoms with Crippen molar-refractivity contribution < 1.29 is 13.2 Å². The van der Waals surface area contributed by atoms with E-state index >= 15 is 0 Å². The number of benzene rings is 1. The Morgan fingerprint density at radius 1 is 1.30 bits per heavy atom. The van der Waals surface area contributed by atoms with Crippen molar-refractivity contribution in [3.05, 3.63) is 59.3 Å². The van der Waals surface area contributed by atoms with E-state index in [2.05, 4.69) is 11.9 Å². The summed E-state index contributed by atoms with van der Waals surface area (Å²) in [6, 6.07) is 9.28. The highest BCUT2D eigenvalue weighted by Crippen LogP contribution is 2.15. The Labute approximate surface area is 139 Å². The van der Waals surface area contributed by atoms with Gasteiger partial charge < -0.3 is 10.2 Å². The summed E-state index contributed by atoms with van der Waals surface area (Å²) in [5.74, 6) is 0. The number of anilines is 1. The monoisotopic (exact) mass is 351 g/mol. The van der Waals surface area contributed by atoms with Gasteiger partial charge in [-0.05, 0) is 35.7 Å². The van der Waals surface area contributed by atoms with Crippen molar-refractivity contribution in [2.45, 2.75) is 11.4 Å². The number of urea groups is 1. The quantitative estimate of drug-likeness (QED) is 0.784. The number of nitrogens with one attached hydrogen (secondary N) is 1. The highest BCUT2D eigenvalue weighted by molar-refractivity contribution is 7.89. The van der Waals surface area contributed by atoms with Crippen LogP contribution in [0.4, 0.5) is 10.5 Å². The van der Waals surface area contributed by atoms with Gasteiger partial charge in [0.15, 0.2) is 0 Å². The Kier molecular flexibility index (Phi) is 5.54. The van der Waals surface area contributed by atoms with Crippen molar-refractivity contribution in [1.29, 1.82) is 0 Å². The summed E-state index contributed by atoms with van der Waals surface area (Å²) in [5.41, 5.74) is 0.489. The fourth-order valence-electron chi connectivity index (χ4n) is 1.90. The Morgan fingerprint density at radius 3 is 2.52 bits per heavy atom. The second kappa shape index (κ2) is 7.40. The fraction of sp³-hybridized carbons (Fsp3) is 0.133. The number of carbonyl (C=O) groups is 1. The molecule has 0 aliphatic rings. The molecule has 0 bridgehead atoms. The molecule has 1 aromatic carbocycles. The van der Waals surface area contributed by atoms with Gasteiger partial charge in [0.1, 0.15) is 0 Å². The smallest absolute Gasteiger partial charge is 0.316 e.